The maximum Gasteiger partial charge on any atom is 0.315 e. The zero-order valence-electron chi connectivity index (χ0n) is 13.8. The highest BCUT2D eigenvalue weighted by molar-refractivity contribution is 5.89. The van der Waals surface area contributed by atoms with Crippen molar-refractivity contribution >= 4 is 11.8 Å². The zero-order chi connectivity index (χ0) is 17.5. The number of hydrogen-bond donors (Lipinski definition) is 1. The van der Waals surface area contributed by atoms with E-state index in [0.717, 1.165) is 5.56 Å². The molecule has 2 aromatic rings. The predicted octanol–water partition coefficient (Wildman–Crippen LogP) is 0.443. The predicted molar refractivity (Wildman–Crippen MR) is 87.9 cm³/mol. The maximum atomic E-state index is 12.1. The summed E-state index contributed by atoms with van der Waals surface area (Å²) in [4.78, 5) is 29.8. The molecule has 1 aromatic heterocycles. The summed E-state index contributed by atoms with van der Waals surface area (Å²) in [6.07, 6.45) is 0.726. The molecule has 1 aromatic carbocycles. The third-order valence-corrected chi connectivity index (χ3v) is 3.88. The fourth-order valence-corrected chi connectivity index (χ4v) is 2.52. The van der Waals surface area contributed by atoms with Crippen LogP contribution < -0.4 is 5.32 Å². The Morgan fingerprint density at radius 3 is 2.68 bits per heavy atom. The van der Waals surface area contributed by atoms with E-state index >= 15 is 0 Å². The van der Waals surface area contributed by atoms with Crippen molar-refractivity contribution in [3.8, 4) is 0 Å². The van der Waals surface area contributed by atoms with E-state index in [0.29, 0.717) is 39.3 Å². The number of hydrogen-bond acceptors (Lipinski definition) is 6. The van der Waals surface area contributed by atoms with Crippen molar-refractivity contribution in [2.45, 2.75) is 12.8 Å². The third kappa shape index (κ3) is 4.87. The van der Waals surface area contributed by atoms with Gasteiger partial charge >= 0.3 is 11.8 Å². The molecule has 0 bridgehead atoms. The van der Waals surface area contributed by atoms with Crippen LogP contribution in [0.3, 0.4) is 0 Å². The van der Waals surface area contributed by atoms with E-state index in [1.807, 2.05) is 30.3 Å². The van der Waals surface area contributed by atoms with Crippen LogP contribution in [0.4, 0.5) is 0 Å². The van der Waals surface area contributed by atoms with Crippen LogP contribution in [0.25, 0.3) is 0 Å². The molecule has 0 unspecified atom stereocenters. The van der Waals surface area contributed by atoms with Gasteiger partial charge in [0.2, 0.25) is 5.91 Å². The number of nitrogens with zero attached hydrogens (tertiary/aromatic N) is 3. The van der Waals surface area contributed by atoms with E-state index in [1.165, 1.54) is 0 Å². The lowest BCUT2D eigenvalue weighted by Crippen LogP contribution is -2.41. The maximum absolute atomic E-state index is 12.1. The van der Waals surface area contributed by atoms with Crippen LogP contribution in [0.5, 0.6) is 0 Å². The SMILES string of the molecule is O=C(NCCc1ccccc1)c1nc(CC(=O)N2CCOCC2)no1. The van der Waals surface area contributed by atoms with Gasteiger partial charge in [-0.05, 0) is 12.0 Å². The molecule has 132 valence electrons. The van der Waals surface area contributed by atoms with Gasteiger partial charge in [-0.15, -0.1) is 0 Å². The molecule has 0 saturated carbocycles. The van der Waals surface area contributed by atoms with Gasteiger partial charge < -0.3 is 19.5 Å². The summed E-state index contributed by atoms with van der Waals surface area (Å²) in [6.45, 7) is 2.65. The average molecular weight is 344 g/mol. The highest BCUT2D eigenvalue weighted by Crippen LogP contribution is 2.04. The lowest BCUT2D eigenvalue weighted by atomic mass is 10.1. The molecule has 2 heterocycles. The molecule has 0 radical (unpaired) electrons. The Labute approximate surface area is 145 Å². The normalized spacial score (nSPS) is 14.3. The van der Waals surface area contributed by atoms with Gasteiger partial charge in [-0.25, -0.2) is 0 Å². The minimum Gasteiger partial charge on any atom is -0.378 e. The van der Waals surface area contributed by atoms with E-state index in [4.69, 9.17) is 9.26 Å². The topological polar surface area (TPSA) is 97.6 Å². The van der Waals surface area contributed by atoms with Crippen LogP contribution in [0, 0.1) is 0 Å². The van der Waals surface area contributed by atoms with Crippen molar-refractivity contribution in [2.75, 3.05) is 32.8 Å². The van der Waals surface area contributed by atoms with Crippen LogP contribution in [0.1, 0.15) is 22.1 Å². The molecule has 1 fully saturated rings. The van der Waals surface area contributed by atoms with E-state index in [-0.39, 0.29) is 24.0 Å². The number of rotatable bonds is 6. The van der Waals surface area contributed by atoms with Gasteiger partial charge in [0.15, 0.2) is 5.82 Å². The number of carbonyl (C=O) groups excluding carboxylic acids is 2. The largest absolute Gasteiger partial charge is 0.378 e. The minimum absolute atomic E-state index is 0.0147. The molecule has 2 amide bonds. The number of nitrogens with one attached hydrogen (secondary N) is 1. The van der Waals surface area contributed by atoms with Crippen LogP contribution in [0.15, 0.2) is 34.9 Å². The molecular formula is C17H20N4O4. The number of carbonyl (C=O) groups is 2. The quantitative estimate of drug-likeness (QED) is 0.817. The van der Waals surface area contributed by atoms with Crippen molar-refractivity contribution < 1.29 is 18.8 Å². The summed E-state index contributed by atoms with van der Waals surface area (Å²) < 4.78 is 10.2. The van der Waals surface area contributed by atoms with Crippen molar-refractivity contribution in [3.63, 3.8) is 0 Å². The van der Waals surface area contributed by atoms with Crippen LogP contribution in [-0.4, -0.2) is 59.7 Å². The first kappa shape index (κ1) is 17.1. The Morgan fingerprint density at radius 2 is 1.92 bits per heavy atom. The minimum atomic E-state index is -0.437. The summed E-state index contributed by atoms with van der Waals surface area (Å²) in [5.41, 5.74) is 1.13. The summed E-state index contributed by atoms with van der Waals surface area (Å²) in [5, 5.41) is 6.44. The Bertz CT molecular complexity index is 710. The standard InChI is InChI=1S/C17H20N4O4/c22-15(21-8-10-24-11-9-21)12-14-19-17(25-20-14)16(23)18-7-6-13-4-2-1-3-5-13/h1-5H,6-12H2,(H,18,23). The van der Waals surface area contributed by atoms with E-state index in [2.05, 4.69) is 15.5 Å². The first-order valence-electron chi connectivity index (χ1n) is 8.22. The molecule has 0 atom stereocenters. The highest BCUT2D eigenvalue weighted by Gasteiger charge is 2.21. The molecule has 25 heavy (non-hydrogen) atoms. The van der Waals surface area contributed by atoms with Crippen LogP contribution in [0.2, 0.25) is 0 Å². The van der Waals surface area contributed by atoms with Crippen molar-refractivity contribution in [1.82, 2.24) is 20.4 Å². The number of benzene rings is 1. The molecule has 1 saturated heterocycles. The van der Waals surface area contributed by atoms with Gasteiger partial charge in [0.1, 0.15) is 0 Å². The lowest BCUT2D eigenvalue weighted by molar-refractivity contribution is -0.134. The number of morpholine rings is 1. The molecular weight excluding hydrogens is 324 g/mol. The molecule has 3 rings (SSSR count). The zero-order valence-corrected chi connectivity index (χ0v) is 13.8. The van der Waals surface area contributed by atoms with E-state index < -0.39 is 5.91 Å². The Hall–Kier alpha value is -2.74. The van der Waals surface area contributed by atoms with Crippen molar-refractivity contribution in [2.24, 2.45) is 0 Å². The van der Waals surface area contributed by atoms with Crippen molar-refractivity contribution in [1.29, 1.82) is 0 Å². The molecule has 0 aliphatic carbocycles. The van der Waals surface area contributed by atoms with Crippen molar-refractivity contribution in [3.05, 3.63) is 47.6 Å². The second-order valence-corrected chi connectivity index (χ2v) is 5.68. The molecule has 1 aliphatic heterocycles. The van der Waals surface area contributed by atoms with E-state index in [9.17, 15) is 9.59 Å². The number of amides is 2. The fraction of sp³-hybridized carbons (Fsp3) is 0.412. The monoisotopic (exact) mass is 344 g/mol. The van der Waals surface area contributed by atoms with Gasteiger partial charge in [-0.2, -0.15) is 4.98 Å². The molecule has 8 heteroatoms. The second-order valence-electron chi connectivity index (χ2n) is 5.68. The molecule has 0 spiro atoms. The van der Waals surface area contributed by atoms with Gasteiger partial charge in [0.25, 0.3) is 0 Å². The lowest BCUT2D eigenvalue weighted by Gasteiger charge is -2.26. The average Bonchev–Trinajstić information content (AvgIpc) is 3.12. The first-order chi connectivity index (χ1) is 12.2. The van der Waals surface area contributed by atoms with E-state index in [1.54, 1.807) is 4.90 Å². The summed E-state index contributed by atoms with van der Waals surface area (Å²) in [5.74, 6) is -0.448. The van der Waals surface area contributed by atoms with Gasteiger partial charge in [-0.1, -0.05) is 35.5 Å². The van der Waals surface area contributed by atoms with Gasteiger partial charge in [0.05, 0.1) is 19.6 Å². The summed E-state index contributed by atoms with van der Waals surface area (Å²) in [6, 6.07) is 9.84. The van der Waals surface area contributed by atoms with Crippen LogP contribution in [-0.2, 0) is 22.4 Å². The summed E-state index contributed by atoms with van der Waals surface area (Å²) >= 11 is 0. The van der Waals surface area contributed by atoms with Gasteiger partial charge in [-0.3, -0.25) is 9.59 Å². The molecule has 8 nitrogen and oxygen atoms in total. The Balaban J connectivity index is 1.47. The van der Waals surface area contributed by atoms with Crippen LogP contribution >= 0.6 is 0 Å². The summed E-state index contributed by atoms with van der Waals surface area (Å²) in [7, 11) is 0. The number of ether oxygens (including phenoxy) is 1. The highest BCUT2D eigenvalue weighted by atomic mass is 16.5. The second kappa shape index (κ2) is 8.39. The number of aromatic nitrogens is 2. The Morgan fingerprint density at radius 1 is 1.16 bits per heavy atom. The third-order valence-electron chi connectivity index (χ3n) is 3.88. The molecule has 1 aliphatic rings. The first-order valence-corrected chi connectivity index (χ1v) is 8.22. The Kier molecular flexibility index (Phi) is 5.73. The smallest absolute Gasteiger partial charge is 0.315 e. The molecule has 1 N–H and O–H groups in total. The van der Waals surface area contributed by atoms with Gasteiger partial charge in [0, 0.05) is 19.6 Å². The fourth-order valence-electron chi connectivity index (χ4n) is 2.52.